The second-order valence-electron chi connectivity index (χ2n) is 6.84. The zero-order valence-corrected chi connectivity index (χ0v) is 16.5. The van der Waals surface area contributed by atoms with Gasteiger partial charge in [0.15, 0.2) is 0 Å². The fourth-order valence-electron chi connectivity index (χ4n) is 3.21. The molecule has 3 rings (SSSR count). The summed E-state index contributed by atoms with van der Waals surface area (Å²) in [4.78, 5) is 25.6. The average Bonchev–Trinajstić information content (AvgIpc) is 2.65. The second kappa shape index (κ2) is 8.24. The molecule has 144 valence electrons. The SMILES string of the molecule is CCNc1cc(N2CCN(C(=O)Nc3cccc(C)c3C)CC2)nc(C)n1. The van der Waals surface area contributed by atoms with Crippen LogP contribution >= 0.6 is 0 Å². The Morgan fingerprint density at radius 3 is 2.56 bits per heavy atom. The number of urea groups is 1. The number of anilines is 3. The molecule has 0 spiro atoms. The van der Waals surface area contributed by atoms with Gasteiger partial charge in [-0.15, -0.1) is 0 Å². The van der Waals surface area contributed by atoms with Crippen LogP contribution in [0.5, 0.6) is 0 Å². The number of hydrogen-bond donors (Lipinski definition) is 2. The highest BCUT2D eigenvalue weighted by molar-refractivity contribution is 5.90. The first-order valence-corrected chi connectivity index (χ1v) is 9.44. The van der Waals surface area contributed by atoms with Crippen molar-refractivity contribution in [1.82, 2.24) is 14.9 Å². The van der Waals surface area contributed by atoms with Gasteiger partial charge in [-0.05, 0) is 44.9 Å². The highest BCUT2D eigenvalue weighted by Gasteiger charge is 2.23. The molecule has 1 aromatic heterocycles. The Balaban J connectivity index is 1.61. The number of rotatable bonds is 4. The van der Waals surface area contributed by atoms with Crippen LogP contribution in [0.2, 0.25) is 0 Å². The largest absolute Gasteiger partial charge is 0.370 e. The Bertz CT molecular complexity index is 814. The third-order valence-electron chi connectivity index (χ3n) is 4.92. The summed E-state index contributed by atoms with van der Waals surface area (Å²) in [7, 11) is 0. The van der Waals surface area contributed by atoms with Crippen molar-refractivity contribution in [3.8, 4) is 0 Å². The highest BCUT2D eigenvalue weighted by atomic mass is 16.2. The van der Waals surface area contributed by atoms with Crippen molar-refractivity contribution in [2.45, 2.75) is 27.7 Å². The lowest BCUT2D eigenvalue weighted by Crippen LogP contribution is -2.50. The van der Waals surface area contributed by atoms with E-state index in [9.17, 15) is 4.79 Å². The minimum absolute atomic E-state index is 0.0458. The lowest BCUT2D eigenvalue weighted by atomic mass is 10.1. The summed E-state index contributed by atoms with van der Waals surface area (Å²) in [5.41, 5.74) is 3.16. The molecule has 7 nitrogen and oxygen atoms in total. The van der Waals surface area contributed by atoms with Crippen molar-refractivity contribution >= 4 is 23.4 Å². The van der Waals surface area contributed by atoms with Crippen LogP contribution in [-0.4, -0.2) is 53.6 Å². The van der Waals surface area contributed by atoms with E-state index >= 15 is 0 Å². The summed E-state index contributed by atoms with van der Waals surface area (Å²) in [6.45, 7) is 11.7. The summed E-state index contributed by atoms with van der Waals surface area (Å²) in [6, 6.07) is 7.89. The molecule has 0 unspecified atom stereocenters. The molecular formula is C20H28N6O. The van der Waals surface area contributed by atoms with Gasteiger partial charge in [0.25, 0.3) is 0 Å². The van der Waals surface area contributed by atoms with Crippen LogP contribution in [0.25, 0.3) is 0 Å². The fraction of sp³-hybridized carbons (Fsp3) is 0.450. The summed E-state index contributed by atoms with van der Waals surface area (Å²) in [5.74, 6) is 2.50. The molecule has 27 heavy (non-hydrogen) atoms. The molecule has 1 aliphatic heterocycles. The molecule has 0 saturated carbocycles. The molecule has 2 amide bonds. The van der Waals surface area contributed by atoms with Gasteiger partial charge in [-0.2, -0.15) is 0 Å². The van der Waals surface area contributed by atoms with E-state index in [0.29, 0.717) is 13.1 Å². The average molecular weight is 368 g/mol. The monoisotopic (exact) mass is 368 g/mol. The number of hydrogen-bond acceptors (Lipinski definition) is 5. The number of carbonyl (C=O) groups excluding carboxylic acids is 1. The maximum atomic E-state index is 12.6. The number of nitrogens with one attached hydrogen (secondary N) is 2. The number of amides is 2. The van der Waals surface area contributed by atoms with E-state index in [1.165, 1.54) is 5.56 Å². The molecule has 2 heterocycles. The second-order valence-corrected chi connectivity index (χ2v) is 6.84. The molecular weight excluding hydrogens is 340 g/mol. The van der Waals surface area contributed by atoms with Crippen LogP contribution in [0.4, 0.5) is 22.1 Å². The van der Waals surface area contributed by atoms with E-state index in [0.717, 1.165) is 48.3 Å². The number of aryl methyl sites for hydroxylation is 2. The van der Waals surface area contributed by atoms with E-state index in [1.54, 1.807) is 0 Å². The Labute approximate surface area is 160 Å². The van der Waals surface area contributed by atoms with Crippen LogP contribution < -0.4 is 15.5 Å². The molecule has 2 N–H and O–H groups in total. The highest BCUT2D eigenvalue weighted by Crippen LogP contribution is 2.20. The molecule has 0 bridgehead atoms. The van der Waals surface area contributed by atoms with Crippen molar-refractivity contribution in [3.05, 3.63) is 41.2 Å². The van der Waals surface area contributed by atoms with E-state index in [-0.39, 0.29) is 6.03 Å². The van der Waals surface area contributed by atoms with Crippen LogP contribution in [0, 0.1) is 20.8 Å². The molecule has 0 aliphatic carbocycles. The van der Waals surface area contributed by atoms with E-state index in [2.05, 4.69) is 38.5 Å². The zero-order valence-electron chi connectivity index (χ0n) is 16.5. The maximum Gasteiger partial charge on any atom is 0.321 e. The number of carbonyl (C=O) groups is 1. The van der Waals surface area contributed by atoms with Crippen LogP contribution in [0.1, 0.15) is 23.9 Å². The Hall–Kier alpha value is -2.83. The van der Waals surface area contributed by atoms with E-state index in [4.69, 9.17) is 0 Å². The fourth-order valence-corrected chi connectivity index (χ4v) is 3.21. The van der Waals surface area contributed by atoms with Gasteiger partial charge in [0.05, 0.1) is 0 Å². The lowest BCUT2D eigenvalue weighted by Gasteiger charge is -2.35. The molecule has 1 fully saturated rings. The minimum atomic E-state index is -0.0458. The van der Waals surface area contributed by atoms with Crippen LogP contribution in [-0.2, 0) is 0 Å². The lowest BCUT2D eigenvalue weighted by molar-refractivity contribution is 0.208. The summed E-state index contributed by atoms with van der Waals surface area (Å²) >= 11 is 0. The first-order valence-electron chi connectivity index (χ1n) is 9.44. The van der Waals surface area contributed by atoms with Gasteiger partial charge >= 0.3 is 6.03 Å². The Kier molecular flexibility index (Phi) is 5.78. The standard InChI is InChI=1S/C20H28N6O/c1-5-21-18-13-19(23-16(4)22-18)25-9-11-26(12-10-25)20(27)24-17-8-6-7-14(2)15(17)3/h6-8,13H,5,9-12H2,1-4H3,(H,24,27)(H,21,22,23). The van der Waals surface area contributed by atoms with Crippen molar-refractivity contribution in [1.29, 1.82) is 0 Å². The van der Waals surface area contributed by atoms with Gasteiger partial charge < -0.3 is 20.4 Å². The molecule has 0 atom stereocenters. The molecule has 2 aromatic rings. The number of aromatic nitrogens is 2. The number of benzene rings is 1. The van der Waals surface area contributed by atoms with Crippen LogP contribution in [0.15, 0.2) is 24.3 Å². The number of nitrogens with zero attached hydrogens (tertiary/aromatic N) is 4. The first kappa shape index (κ1) is 18.9. The van der Waals surface area contributed by atoms with Crippen molar-refractivity contribution in [2.24, 2.45) is 0 Å². The molecule has 7 heteroatoms. The summed E-state index contributed by atoms with van der Waals surface area (Å²) in [6.07, 6.45) is 0. The third kappa shape index (κ3) is 4.48. The first-order chi connectivity index (χ1) is 13.0. The predicted molar refractivity (Wildman–Crippen MR) is 110 cm³/mol. The van der Waals surface area contributed by atoms with Crippen molar-refractivity contribution in [2.75, 3.05) is 48.3 Å². The topological polar surface area (TPSA) is 73.4 Å². The Morgan fingerprint density at radius 1 is 1.11 bits per heavy atom. The Morgan fingerprint density at radius 2 is 1.85 bits per heavy atom. The minimum Gasteiger partial charge on any atom is -0.370 e. The third-order valence-corrected chi connectivity index (χ3v) is 4.92. The van der Waals surface area contributed by atoms with E-state index < -0.39 is 0 Å². The van der Waals surface area contributed by atoms with Crippen LogP contribution in [0.3, 0.4) is 0 Å². The van der Waals surface area contributed by atoms with Gasteiger partial charge in [-0.25, -0.2) is 14.8 Å². The molecule has 0 radical (unpaired) electrons. The maximum absolute atomic E-state index is 12.6. The van der Waals surface area contributed by atoms with Gasteiger partial charge in [0, 0.05) is 44.5 Å². The van der Waals surface area contributed by atoms with Gasteiger partial charge in [-0.1, -0.05) is 12.1 Å². The van der Waals surface area contributed by atoms with Gasteiger partial charge in [0.2, 0.25) is 0 Å². The predicted octanol–water partition coefficient (Wildman–Crippen LogP) is 3.19. The number of piperazine rings is 1. The van der Waals surface area contributed by atoms with Crippen molar-refractivity contribution in [3.63, 3.8) is 0 Å². The normalized spacial score (nSPS) is 14.2. The zero-order chi connectivity index (χ0) is 19.4. The summed E-state index contributed by atoms with van der Waals surface area (Å²) in [5, 5.41) is 6.28. The van der Waals surface area contributed by atoms with Gasteiger partial charge in [-0.3, -0.25) is 0 Å². The van der Waals surface area contributed by atoms with E-state index in [1.807, 2.05) is 43.9 Å². The van der Waals surface area contributed by atoms with Gasteiger partial charge in [0.1, 0.15) is 17.5 Å². The van der Waals surface area contributed by atoms with Crippen molar-refractivity contribution < 1.29 is 4.79 Å². The molecule has 1 saturated heterocycles. The quantitative estimate of drug-likeness (QED) is 0.867. The molecule has 1 aliphatic rings. The summed E-state index contributed by atoms with van der Waals surface area (Å²) < 4.78 is 0. The molecule has 1 aromatic carbocycles. The smallest absolute Gasteiger partial charge is 0.321 e.